The van der Waals surface area contributed by atoms with Gasteiger partial charge in [0, 0.05) is 134 Å². The summed E-state index contributed by atoms with van der Waals surface area (Å²) in [6.45, 7) is -0.433. The molecule has 0 atom stereocenters. The lowest BCUT2D eigenvalue weighted by Crippen LogP contribution is -2.56. The van der Waals surface area contributed by atoms with Crippen LogP contribution in [0, 0.1) is 0 Å². The highest BCUT2D eigenvalue weighted by Gasteiger charge is 2.48. The maximum atomic E-state index is 6.81. The Hall–Kier alpha value is -11.1. The van der Waals surface area contributed by atoms with Crippen molar-refractivity contribution >= 4 is 190 Å². The first kappa shape index (κ1) is 42.8. The smallest absolute Gasteiger partial charge is 0.333 e. The SMILES string of the molecule is c1cc2c3c(c1)N(c1ccc4c(c1)oc1ccccc14)c1cc4oc5ccccc5c4cc1B3n1c3c-2cccc3c2c1c1cccc3c1n2B1c2cc4c(cc2N(c2ccc5c(c2)oc2ccccc25)c2cccc-3c21)oc1ccccc14. The van der Waals surface area contributed by atoms with Crippen molar-refractivity contribution in [1.82, 2.24) is 8.96 Å². The number of aromatic nitrogens is 2. The fourth-order valence-corrected chi connectivity index (χ4v) is 16.2. The third-order valence-corrected chi connectivity index (χ3v) is 19.4. The number of fused-ring (bicyclic) bond motifs is 25. The second kappa shape index (κ2) is 14.7. The van der Waals surface area contributed by atoms with Crippen molar-refractivity contribution in [2.24, 2.45) is 0 Å². The quantitative estimate of drug-likeness (QED) is 0.161. The molecule has 0 saturated carbocycles. The fraction of sp³-hybridized carbons (Fsp3) is 0. The zero-order valence-electron chi connectivity index (χ0n) is 44.5. The Morgan fingerprint density at radius 1 is 0.238 bits per heavy atom. The van der Waals surface area contributed by atoms with Gasteiger partial charge < -0.3 is 36.4 Å². The van der Waals surface area contributed by atoms with E-state index < -0.39 is 0 Å². The average Bonchev–Trinajstić information content (AvgIpc) is 1.64. The Balaban J connectivity index is 0.852. The van der Waals surface area contributed by atoms with Crippen LogP contribution in [0.3, 0.4) is 0 Å². The summed E-state index contributed by atoms with van der Waals surface area (Å²) in [5.41, 5.74) is 28.2. The van der Waals surface area contributed by atoms with E-state index in [1.54, 1.807) is 0 Å². The molecule has 0 spiro atoms. The molecule has 22 rings (SSSR count). The number of hydrogen-bond acceptors (Lipinski definition) is 6. The van der Waals surface area contributed by atoms with Crippen molar-refractivity contribution in [3.8, 4) is 22.3 Å². The number of nitrogens with zero attached hydrogens (tertiary/aromatic N) is 4. The van der Waals surface area contributed by atoms with Crippen molar-refractivity contribution in [3.63, 3.8) is 0 Å². The van der Waals surface area contributed by atoms with Crippen LogP contribution in [0.5, 0.6) is 0 Å². The molecular weight excluding hydrogens is 1030 g/mol. The normalized spacial score (nSPS) is 13.9. The first-order chi connectivity index (χ1) is 41.7. The Morgan fingerprint density at radius 3 is 1.01 bits per heavy atom. The maximum Gasteiger partial charge on any atom is 0.333 e. The minimum Gasteiger partial charge on any atom is -0.456 e. The molecule has 18 aromatic rings. The van der Waals surface area contributed by atoms with Gasteiger partial charge in [-0.3, -0.25) is 0 Å². The fourth-order valence-electron chi connectivity index (χ4n) is 16.2. The molecule has 384 valence electrons. The van der Waals surface area contributed by atoms with E-state index in [4.69, 9.17) is 17.7 Å². The monoisotopic (exact) mass is 1070 g/mol. The average molecular weight is 1070 g/mol. The van der Waals surface area contributed by atoms with E-state index in [2.05, 4.69) is 237 Å². The molecule has 4 aliphatic heterocycles. The van der Waals surface area contributed by atoms with Crippen LogP contribution in [0.1, 0.15) is 0 Å². The zero-order chi connectivity index (χ0) is 53.9. The number of benzene rings is 12. The highest BCUT2D eigenvalue weighted by Crippen LogP contribution is 2.53. The molecule has 6 aromatic heterocycles. The van der Waals surface area contributed by atoms with Gasteiger partial charge in [-0.1, -0.05) is 146 Å². The first-order valence-electron chi connectivity index (χ1n) is 28.9. The largest absolute Gasteiger partial charge is 0.456 e. The molecule has 84 heavy (non-hydrogen) atoms. The van der Waals surface area contributed by atoms with Gasteiger partial charge >= 0.3 is 13.7 Å². The molecule has 0 amide bonds. The molecule has 0 bridgehead atoms. The lowest BCUT2D eigenvalue weighted by molar-refractivity contribution is 0.668. The van der Waals surface area contributed by atoms with Crippen molar-refractivity contribution in [2.75, 3.05) is 9.80 Å². The lowest BCUT2D eigenvalue weighted by atomic mass is 9.45. The molecule has 10 heterocycles. The summed E-state index contributed by atoms with van der Waals surface area (Å²) in [4.78, 5) is 4.92. The number of anilines is 6. The van der Waals surface area contributed by atoms with Crippen LogP contribution in [0.25, 0.3) is 143 Å². The van der Waals surface area contributed by atoms with Gasteiger partial charge in [0.2, 0.25) is 0 Å². The Labute approximate surface area is 476 Å². The van der Waals surface area contributed by atoms with Crippen LogP contribution in [-0.4, -0.2) is 22.7 Å². The molecule has 12 aromatic carbocycles. The van der Waals surface area contributed by atoms with E-state index >= 15 is 0 Å². The molecule has 0 fully saturated rings. The van der Waals surface area contributed by atoms with Gasteiger partial charge in [-0.05, 0) is 93.6 Å². The first-order valence-corrected chi connectivity index (χ1v) is 28.9. The van der Waals surface area contributed by atoms with Gasteiger partial charge in [-0.25, -0.2) is 0 Å². The molecule has 10 heteroatoms. The minimum atomic E-state index is -0.217. The molecule has 0 aliphatic carbocycles. The van der Waals surface area contributed by atoms with Crippen molar-refractivity contribution in [2.45, 2.75) is 0 Å². The summed E-state index contributed by atoms with van der Waals surface area (Å²) in [5.74, 6) is 0. The number of furan rings is 4. The van der Waals surface area contributed by atoms with Gasteiger partial charge in [0.15, 0.2) is 0 Å². The summed E-state index contributed by atoms with van der Waals surface area (Å²) >= 11 is 0. The molecule has 0 N–H and O–H groups in total. The van der Waals surface area contributed by atoms with E-state index in [0.717, 1.165) is 122 Å². The van der Waals surface area contributed by atoms with E-state index in [9.17, 15) is 0 Å². The van der Waals surface area contributed by atoms with E-state index in [1.165, 1.54) is 76.9 Å². The second-order valence-corrected chi connectivity index (χ2v) is 23.4. The van der Waals surface area contributed by atoms with Gasteiger partial charge in [-0.15, -0.1) is 0 Å². The molecule has 0 saturated heterocycles. The highest BCUT2D eigenvalue weighted by atomic mass is 16.3. The third-order valence-electron chi connectivity index (χ3n) is 19.4. The summed E-state index contributed by atoms with van der Waals surface area (Å²) in [6, 6.07) is 84.4. The predicted molar refractivity (Wildman–Crippen MR) is 345 cm³/mol. The van der Waals surface area contributed by atoms with Gasteiger partial charge in [0.05, 0.1) is 11.0 Å². The van der Waals surface area contributed by atoms with Crippen molar-refractivity contribution in [1.29, 1.82) is 0 Å². The zero-order valence-corrected chi connectivity index (χ0v) is 44.5. The predicted octanol–water partition coefficient (Wildman–Crippen LogP) is 17.2. The second-order valence-electron chi connectivity index (χ2n) is 23.4. The minimum absolute atomic E-state index is 0.217. The van der Waals surface area contributed by atoms with Crippen LogP contribution in [-0.2, 0) is 0 Å². The summed E-state index contributed by atoms with van der Waals surface area (Å²) in [6.07, 6.45) is 0. The summed E-state index contributed by atoms with van der Waals surface area (Å²) < 4.78 is 32.4. The third kappa shape index (κ3) is 5.01. The van der Waals surface area contributed by atoms with Gasteiger partial charge in [0.25, 0.3) is 0 Å². The van der Waals surface area contributed by atoms with Crippen molar-refractivity contribution < 1.29 is 17.7 Å². The standard InChI is InChI=1S/C74H38B2N4O4/c1-5-25-61-41(13-1)45-31-29-39(33-65(45)81-61)77-57-23-11-17-47-49-19-9-21-51-71(49)79(75(69(47)57)55-35-53-43-15-3-7-27-63(43)83-67(53)37-59(55)77)73-52-22-10-20-50-48-18-12-24-58-70(48)76(80(72(50)52)74(51)73)56-36-54-44-16-4-8-28-64(44)84-68(54)38-60(56)78(58)40-30-32-46-42-14-2-6-26-62(42)82-66(46)34-40/h1-38H. The van der Waals surface area contributed by atoms with Gasteiger partial charge in [0.1, 0.15) is 44.7 Å². The summed E-state index contributed by atoms with van der Waals surface area (Å²) in [7, 11) is 0. The van der Waals surface area contributed by atoms with E-state index in [1.807, 2.05) is 12.1 Å². The highest BCUT2D eigenvalue weighted by molar-refractivity contribution is 6.92. The van der Waals surface area contributed by atoms with Crippen molar-refractivity contribution in [3.05, 3.63) is 231 Å². The Bertz CT molecular complexity index is 5760. The molecular formula is C74H38B2N4O4. The van der Waals surface area contributed by atoms with Crippen LogP contribution >= 0.6 is 0 Å². The molecule has 4 aliphatic rings. The van der Waals surface area contributed by atoms with E-state index in [0.29, 0.717) is 0 Å². The van der Waals surface area contributed by atoms with Crippen LogP contribution in [0.2, 0.25) is 0 Å². The topological polar surface area (TPSA) is 68.9 Å². The lowest BCUT2D eigenvalue weighted by Gasteiger charge is -2.40. The molecule has 0 radical (unpaired) electrons. The molecule has 0 unspecified atom stereocenters. The number of hydrogen-bond donors (Lipinski definition) is 0. The maximum absolute atomic E-state index is 6.81. The number of para-hydroxylation sites is 6. The Morgan fingerprint density at radius 2 is 0.583 bits per heavy atom. The van der Waals surface area contributed by atoms with E-state index in [-0.39, 0.29) is 13.7 Å². The van der Waals surface area contributed by atoms with Crippen LogP contribution in [0.15, 0.2) is 248 Å². The molecule has 8 nitrogen and oxygen atoms in total. The van der Waals surface area contributed by atoms with Crippen LogP contribution in [0.4, 0.5) is 34.1 Å². The Kier molecular flexibility index (Phi) is 7.47. The van der Waals surface area contributed by atoms with Gasteiger partial charge in [-0.2, -0.15) is 0 Å². The summed E-state index contributed by atoms with van der Waals surface area (Å²) in [5, 5.41) is 11.3. The number of rotatable bonds is 2. The van der Waals surface area contributed by atoms with Crippen LogP contribution < -0.4 is 31.7 Å².